The van der Waals surface area contributed by atoms with Crippen LogP contribution in [0.15, 0.2) is 48.0 Å². The highest BCUT2D eigenvalue weighted by Gasteiger charge is 2.05. The molecule has 0 saturated heterocycles. The van der Waals surface area contributed by atoms with Crippen LogP contribution in [0.25, 0.3) is 11.3 Å². The summed E-state index contributed by atoms with van der Waals surface area (Å²) in [6.07, 6.45) is 4.71. The Labute approximate surface area is 114 Å². The average molecular weight is 268 g/mol. The molecule has 3 aromatic rings. The molecule has 0 fully saturated rings. The molecule has 4 N–H and O–H groups in total. The zero-order chi connectivity index (χ0) is 13.8. The summed E-state index contributed by atoms with van der Waals surface area (Å²) in [7, 11) is 0. The van der Waals surface area contributed by atoms with Gasteiger partial charge in [0.25, 0.3) is 5.95 Å². The van der Waals surface area contributed by atoms with Crippen LogP contribution in [0, 0.1) is 0 Å². The van der Waals surface area contributed by atoms with Crippen molar-refractivity contribution in [1.29, 1.82) is 0 Å². The molecule has 8 heteroatoms. The summed E-state index contributed by atoms with van der Waals surface area (Å²) in [5, 5.41) is 18.4. The molecule has 0 radical (unpaired) electrons. The van der Waals surface area contributed by atoms with Gasteiger partial charge in [-0.25, -0.2) is 10.1 Å². The van der Waals surface area contributed by atoms with E-state index in [1.807, 2.05) is 30.3 Å². The Balaban J connectivity index is 1.79. The number of aromatic amines is 1. The van der Waals surface area contributed by atoms with Gasteiger partial charge in [0.05, 0.1) is 18.1 Å². The van der Waals surface area contributed by atoms with Gasteiger partial charge in [-0.15, -0.1) is 10.2 Å². The van der Waals surface area contributed by atoms with Crippen molar-refractivity contribution < 1.29 is 0 Å². The van der Waals surface area contributed by atoms with Gasteiger partial charge in [-0.2, -0.15) is 10.2 Å². The van der Waals surface area contributed by atoms with E-state index in [1.165, 1.54) is 11.0 Å². The van der Waals surface area contributed by atoms with Crippen LogP contribution in [-0.4, -0.2) is 31.3 Å². The molecule has 1 aromatic carbocycles. The molecule has 100 valence electrons. The van der Waals surface area contributed by atoms with E-state index in [4.69, 9.17) is 5.84 Å². The number of hydrazone groups is 1. The third-order valence-electron chi connectivity index (χ3n) is 2.67. The molecule has 3 rings (SSSR count). The highest BCUT2D eigenvalue weighted by Crippen LogP contribution is 2.18. The Morgan fingerprint density at radius 1 is 1.30 bits per heavy atom. The molecular weight excluding hydrogens is 256 g/mol. The van der Waals surface area contributed by atoms with Crippen molar-refractivity contribution in [2.75, 3.05) is 11.3 Å². The van der Waals surface area contributed by atoms with Gasteiger partial charge in [-0.05, 0) is 0 Å². The van der Waals surface area contributed by atoms with Crippen molar-refractivity contribution in [3.63, 3.8) is 0 Å². The van der Waals surface area contributed by atoms with Crippen LogP contribution in [0.5, 0.6) is 0 Å². The maximum Gasteiger partial charge on any atom is 0.263 e. The van der Waals surface area contributed by atoms with E-state index in [9.17, 15) is 0 Å². The summed E-state index contributed by atoms with van der Waals surface area (Å²) >= 11 is 0. The number of aromatic nitrogens is 5. The Bertz CT molecular complexity index is 712. The Kier molecular flexibility index (Phi) is 3.11. The summed E-state index contributed by atoms with van der Waals surface area (Å²) in [5.74, 6) is 5.91. The minimum atomic E-state index is 0.353. The number of anilines is 1. The van der Waals surface area contributed by atoms with Crippen molar-refractivity contribution in [1.82, 2.24) is 25.1 Å². The minimum absolute atomic E-state index is 0.353. The first-order chi connectivity index (χ1) is 9.84. The van der Waals surface area contributed by atoms with Crippen molar-refractivity contribution in [3.05, 3.63) is 48.4 Å². The largest absolute Gasteiger partial charge is 0.335 e. The first kappa shape index (κ1) is 11.9. The third kappa shape index (κ3) is 2.34. The van der Waals surface area contributed by atoms with Gasteiger partial charge in [0.1, 0.15) is 6.33 Å². The van der Waals surface area contributed by atoms with Gasteiger partial charge >= 0.3 is 0 Å². The first-order valence-corrected chi connectivity index (χ1v) is 5.87. The zero-order valence-electron chi connectivity index (χ0n) is 10.4. The smallest absolute Gasteiger partial charge is 0.263 e. The van der Waals surface area contributed by atoms with Crippen LogP contribution in [0.1, 0.15) is 5.56 Å². The minimum Gasteiger partial charge on any atom is -0.335 e. The highest BCUT2D eigenvalue weighted by atomic mass is 15.5. The molecule has 20 heavy (non-hydrogen) atoms. The summed E-state index contributed by atoms with van der Waals surface area (Å²) < 4.78 is 1.24. The van der Waals surface area contributed by atoms with Gasteiger partial charge in [0.2, 0.25) is 0 Å². The third-order valence-corrected chi connectivity index (χ3v) is 2.67. The Hall–Kier alpha value is -3.16. The predicted molar refractivity (Wildman–Crippen MR) is 75.4 cm³/mol. The molecule has 0 aliphatic rings. The molecule has 0 atom stereocenters. The molecule has 0 saturated carbocycles. The van der Waals surface area contributed by atoms with Crippen molar-refractivity contribution in [2.24, 2.45) is 5.10 Å². The van der Waals surface area contributed by atoms with Crippen molar-refractivity contribution in [2.45, 2.75) is 0 Å². The molecule has 0 amide bonds. The Morgan fingerprint density at radius 3 is 2.90 bits per heavy atom. The number of benzene rings is 1. The van der Waals surface area contributed by atoms with Crippen LogP contribution < -0.4 is 11.3 Å². The lowest BCUT2D eigenvalue weighted by atomic mass is 10.1. The molecule has 0 spiro atoms. The van der Waals surface area contributed by atoms with Gasteiger partial charge in [0.15, 0.2) is 0 Å². The van der Waals surface area contributed by atoms with E-state index < -0.39 is 0 Å². The molecular formula is C12H12N8. The second-order valence-electron chi connectivity index (χ2n) is 4.00. The van der Waals surface area contributed by atoms with E-state index in [0.717, 1.165) is 16.8 Å². The van der Waals surface area contributed by atoms with Crippen molar-refractivity contribution >= 4 is 12.2 Å². The molecule has 0 unspecified atom stereocenters. The van der Waals surface area contributed by atoms with E-state index in [0.29, 0.717) is 5.95 Å². The van der Waals surface area contributed by atoms with Gasteiger partial charge in [-0.1, -0.05) is 30.3 Å². The number of nitrogens with two attached hydrogens (primary N) is 1. The van der Waals surface area contributed by atoms with Gasteiger partial charge < -0.3 is 5.84 Å². The van der Waals surface area contributed by atoms with Gasteiger partial charge in [-0.3, -0.25) is 5.10 Å². The summed E-state index contributed by atoms with van der Waals surface area (Å²) in [4.78, 5) is 0. The fraction of sp³-hybridized carbons (Fsp3) is 0. The molecule has 8 nitrogen and oxygen atoms in total. The van der Waals surface area contributed by atoms with Crippen LogP contribution in [0.2, 0.25) is 0 Å². The number of nitrogen functional groups attached to an aromatic ring is 1. The number of nitrogens with one attached hydrogen (secondary N) is 2. The number of rotatable bonds is 4. The first-order valence-electron chi connectivity index (χ1n) is 5.87. The van der Waals surface area contributed by atoms with E-state index >= 15 is 0 Å². The number of hydrogen-bond donors (Lipinski definition) is 3. The molecule has 2 aromatic heterocycles. The van der Waals surface area contributed by atoms with E-state index in [2.05, 4.69) is 30.9 Å². The number of nitrogens with zero attached hydrogens (tertiary/aromatic N) is 5. The maximum absolute atomic E-state index is 5.56. The average Bonchev–Trinajstić information content (AvgIpc) is 3.10. The highest BCUT2D eigenvalue weighted by molar-refractivity contribution is 5.88. The lowest BCUT2D eigenvalue weighted by molar-refractivity contribution is 0.988. The lowest BCUT2D eigenvalue weighted by Crippen LogP contribution is -2.10. The molecule has 0 aliphatic carbocycles. The SMILES string of the molecule is Nn1cnnc1N/N=C/c1cn[nH]c1-c1ccccc1. The second-order valence-corrected chi connectivity index (χ2v) is 4.00. The van der Waals surface area contributed by atoms with Gasteiger partial charge in [0, 0.05) is 11.1 Å². The standard InChI is InChI=1S/C12H12N8/c13-20-8-16-19-12(20)18-15-7-10-6-14-17-11(10)9-4-2-1-3-5-9/h1-8H,13H2,(H,14,17)(H,18,19)/b15-7+. The fourth-order valence-electron chi connectivity index (χ4n) is 1.71. The Morgan fingerprint density at radius 2 is 2.15 bits per heavy atom. The monoisotopic (exact) mass is 268 g/mol. The van der Waals surface area contributed by atoms with Crippen LogP contribution in [0.3, 0.4) is 0 Å². The number of hydrogen-bond acceptors (Lipinski definition) is 6. The second kappa shape index (κ2) is 5.22. The number of H-pyrrole nitrogens is 1. The zero-order valence-corrected chi connectivity index (χ0v) is 10.4. The predicted octanol–water partition coefficient (Wildman–Crippen LogP) is 0.828. The quantitative estimate of drug-likeness (QED) is 0.369. The molecule has 0 aliphatic heterocycles. The summed E-state index contributed by atoms with van der Waals surface area (Å²) in [5.41, 5.74) is 5.48. The molecule has 0 bridgehead atoms. The van der Waals surface area contributed by atoms with Crippen molar-refractivity contribution in [3.8, 4) is 11.3 Å². The fourth-order valence-corrected chi connectivity index (χ4v) is 1.71. The van der Waals surface area contributed by atoms with Crippen LogP contribution >= 0.6 is 0 Å². The van der Waals surface area contributed by atoms with Crippen LogP contribution in [-0.2, 0) is 0 Å². The lowest BCUT2D eigenvalue weighted by Gasteiger charge is -1.99. The van der Waals surface area contributed by atoms with Crippen LogP contribution in [0.4, 0.5) is 5.95 Å². The topological polar surface area (TPSA) is 110 Å². The maximum atomic E-state index is 5.56. The van der Waals surface area contributed by atoms with E-state index in [-0.39, 0.29) is 0 Å². The summed E-state index contributed by atoms with van der Waals surface area (Å²) in [6, 6.07) is 9.88. The normalized spacial score (nSPS) is 11.0. The summed E-state index contributed by atoms with van der Waals surface area (Å²) in [6.45, 7) is 0. The van der Waals surface area contributed by atoms with E-state index in [1.54, 1.807) is 12.4 Å². The molecule has 2 heterocycles.